The van der Waals surface area contributed by atoms with E-state index in [0.717, 1.165) is 16.2 Å². The summed E-state index contributed by atoms with van der Waals surface area (Å²) in [6.07, 6.45) is 0.544. The third kappa shape index (κ3) is 4.85. The summed E-state index contributed by atoms with van der Waals surface area (Å²) in [6.45, 7) is 0.406. The SMILES string of the molecule is NS(=O)(=O)c1ccc(CCNC(=O)Nc2ccccc2)s1. The molecule has 2 amide bonds. The molecule has 0 saturated carbocycles. The summed E-state index contributed by atoms with van der Waals surface area (Å²) in [4.78, 5) is 12.5. The van der Waals surface area contributed by atoms with Gasteiger partial charge in [-0.3, -0.25) is 0 Å². The van der Waals surface area contributed by atoms with Crippen LogP contribution in [0.5, 0.6) is 0 Å². The van der Waals surface area contributed by atoms with Crippen molar-refractivity contribution in [2.75, 3.05) is 11.9 Å². The van der Waals surface area contributed by atoms with Gasteiger partial charge >= 0.3 is 6.03 Å². The van der Waals surface area contributed by atoms with Gasteiger partial charge in [0.1, 0.15) is 4.21 Å². The summed E-state index contributed by atoms with van der Waals surface area (Å²) in [5.74, 6) is 0. The predicted molar refractivity (Wildman–Crippen MR) is 82.9 cm³/mol. The zero-order chi connectivity index (χ0) is 15.3. The van der Waals surface area contributed by atoms with Gasteiger partial charge in [-0.25, -0.2) is 18.4 Å². The normalized spacial score (nSPS) is 11.1. The van der Waals surface area contributed by atoms with Crippen molar-refractivity contribution >= 4 is 33.1 Å². The van der Waals surface area contributed by atoms with Gasteiger partial charge in [0, 0.05) is 17.1 Å². The van der Waals surface area contributed by atoms with E-state index in [-0.39, 0.29) is 10.2 Å². The number of hydrogen-bond acceptors (Lipinski definition) is 4. The summed E-state index contributed by atoms with van der Waals surface area (Å²) in [7, 11) is -3.65. The molecule has 1 aromatic heterocycles. The first kappa shape index (κ1) is 15.5. The Morgan fingerprint density at radius 1 is 1.14 bits per heavy atom. The fourth-order valence-electron chi connectivity index (χ4n) is 1.64. The molecule has 21 heavy (non-hydrogen) atoms. The minimum absolute atomic E-state index is 0.131. The van der Waals surface area contributed by atoms with Crippen molar-refractivity contribution < 1.29 is 13.2 Å². The van der Waals surface area contributed by atoms with Crippen molar-refractivity contribution in [3.05, 3.63) is 47.3 Å². The Kier molecular flexibility index (Phi) is 4.94. The lowest BCUT2D eigenvalue weighted by Gasteiger charge is -2.06. The number of nitrogens with two attached hydrogens (primary N) is 1. The molecule has 0 bridgehead atoms. The van der Waals surface area contributed by atoms with Crippen molar-refractivity contribution in [2.45, 2.75) is 10.6 Å². The van der Waals surface area contributed by atoms with Crippen LogP contribution in [0.3, 0.4) is 0 Å². The average Bonchev–Trinajstić information content (AvgIpc) is 2.88. The lowest BCUT2D eigenvalue weighted by molar-refractivity contribution is 0.252. The molecular formula is C13H15N3O3S2. The van der Waals surface area contributed by atoms with E-state index in [4.69, 9.17) is 5.14 Å². The summed E-state index contributed by atoms with van der Waals surface area (Å²) in [6, 6.07) is 12.0. The number of nitrogens with one attached hydrogen (secondary N) is 2. The first-order valence-corrected chi connectivity index (χ1v) is 8.53. The van der Waals surface area contributed by atoms with Crippen LogP contribution < -0.4 is 15.8 Å². The Hall–Kier alpha value is -1.90. The van der Waals surface area contributed by atoms with E-state index in [1.165, 1.54) is 6.07 Å². The molecule has 0 aliphatic heterocycles. The molecule has 0 spiro atoms. The van der Waals surface area contributed by atoms with Crippen LogP contribution in [0.25, 0.3) is 0 Å². The Labute approximate surface area is 127 Å². The van der Waals surface area contributed by atoms with Gasteiger partial charge in [-0.05, 0) is 30.7 Å². The Bertz CT molecular complexity index is 711. The van der Waals surface area contributed by atoms with E-state index >= 15 is 0 Å². The van der Waals surface area contributed by atoms with Crippen LogP contribution >= 0.6 is 11.3 Å². The monoisotopic (exact) mass is 325 g/mol. The maximum atomic E-state index is 11.6. The molecule has 2 aromatic rings. The Morgan fingerprint density at radius 2 is 1.86 bits per heavy atom. The Morgan fingerprint density at radius 3 is 2.48 bits per heavy atom. The van der Waals surface area contributed by atoms with Gasteiger partial charge < -0.3 is 10.6 Å². The molecule has 0 saturated heterocycles. The smallest absolute Gasteiger partial charge is 0.319 e. The van der Waals surface area contributed by atoms with E-state index in [0.29, 0.717) is 18.7 Å². The molecule has 0 aliphatic carbocycles. The molecule has 4 N–H and O–H groups in total. The summed E-state index contributed by atoms with van der Waals surface area (Å²) in [5, 5.41) is 10.4. The average molecular weight is 325 g/mol. The summed E-state index contributed by atoms with van der Waals surface area (Å²) >= 11 is 1.11. The first-order chi connectivity index (χ1) is 9.95. The number of para-hydroxylation sites is 1. The fraction of sp³-hybridized carbons (Fsp3) is 0.154. The van der Waals surface area contributed by atoms with Gasteiger partial charge in [0.2, 0.25) is 10.0 Å². The number of sulfonamides is 1. The highest BCUT2D eigenvalue weighted by Gasteiger charge is 2.11. The van der Waals surface area contributed by atoms with Crippen LogP contribution in [0.15, 0.2) is 46.7 Å². The molecule has 0 unspecified atom stereocenters. The molecular weight excluding hydrogens is 310 g/mol. The van der Waals surface area contributed by atoms with E-state index < -0.39 is 10.0 Å². The van der Waals surface area contributed by atoms with Gasteiger partial charge in [0.25, 0.3) is 0 Å². The number of carbonyl (C=O) groups is 1. The van der Waals surface area contributed by atoms with Gasteiger partial charge in [-0.2, -0.15) is 0 Å². The second-order valence-electron chi connectivity index (χ2n) is 4.26. The lowest BCUT2D eigenvalue weighted by atomic mass is 10.3. The zero-order valence-corrected chi connectivity index (χ0v) is 12.7. The number of thiophene rings is 1. The van der Waals surface area contributed by atoms with Gasteiger partial charge in [-0.15, -0.1) is 11.3 Å². The van der Waals surface area contributed by atoms with Crippen molar-refractivity contribution in [3.63, 3.8) is 0 Å². The van der Waals surface area contributed by atoms with Crippen molar-refractivity contribution in [1.29, 1.82) is 0 Å². The molecule has 2 rings (SSSR count). The number of hydrogen-bond donors (Lipinski definition) is 3. The quantitative estimate of drug-likeness (QED) is 0.780. The number of urea groups is 1. The maximum absolute atomic E-state index is 11.6. The van der Waals surface area contributed by atoms with Crippen molar-refractivity contribution in [3.8, 4) is 0 Å². The minimum atomic E-state index is -3.65. The molecule has 0 atom stereocenters. The zero-order valence-electron chi connectivity index (χ0n) is 11.1. The van der Waals surface area contributed by atoms with Crippen LogP contribution in [0, 0.1) is 0 Å². The first-order valence-electron chi connectivity index (χ1n) is 6.16. The highest BCUT2D eigenvalue weighted by molar-refractivity contribution is 7.91. The lowest BCUT2D eigenvalue weighted by Crippen LogP contribution is -2.30. The van der Waals surface area contributed by atoms with Crippen LogP contribution in [0.2, 0.25) is 0 Å². The van der Waals surface area contributed by atoms with E-state index in [1.54, 1.807) is 18.2 Å². The number of carbonyl (C=O) groups excluding carboxylic acids is 1. The molecule has 1 aromatic carbocycles. The van der Waals surface area contributed by atoms with E-state index in [1.807, 2.05) is 18.2 Å². The largest absolute Gasteiger partial charge is 0.338 e. The highest BCUT2D eigenvalue weighted by atomic mass is 32.2. The van der Waals surface area contributed by atoms with Gasteiger partial charge in [-0.1, -0.05) is 18.2 Å². The van der Waals surface area contributed by atoms with E-state index in [2.05, 4.69) is 10.6 Å². The second-order valence-corrected chi connectivity index (χ2v) is 7.22. The van der Waals surface area contributed by atoms with Crippen LogP contribution in [-0.4, -0.2) is 21.0 Å². The van der Waals surface area contributed by atoms with Crippen LogP contribution in [0.4, 0.5) is 10.5 Å². The maximum Gasteiger partial charge on any atom is 0.319 e. The number of primary sulfonamides is 1. The van der Waals surface area contributed by atoms with Crippen molar-refractivity contribution in [1.82, 2.24) is 5.32 Å². The van der Waals surface area contributed by atoms with Crippen LogP contribution in [0.1, 0.15) is 4.88 Å². The standard InChI is InChI=1S/C13H15N3O3S2/c14-21(18,19)12-7-6-11(20-12)8-9-15-13(17)16-10-4-2-1-3-5-10/h1-7H,8-9H2,(H2,14,18,19)(H2,15,16,17). The molecule has 0 radical (unpaired) electrons. The highest BCUT2D eigenvalue weighted by Crippen LogP contribution is 2.20. The summed E-state index contributed by atoms with van der Waals surface area (Å²) in [5.41, 5.74) is 0.711. The fourth-order valence-corrected chi connectivity index (χ4v) is 3.42. The predicted octanol–water partition coefficient (Wildman–Crippen LogP) is 1.76. The molecule has 6 nitrogen and oxygen atoms in total. The molecule has 0 aliphatic rings. The summed E-state index contributed by atoms with van der Waals surface area (Å²) < 4.78 is 22.4. The molecule has 8 heteroatoms. The van der Waals surface area contributed by atoms with Gasteiger partial charge in [0.05, 0.1) is 0 Å². The minimum Gasteiger partial charge on any atom is -0.338 e. The van der Waals surface area contributed by atoms with Crippen molar-refractivity contribution in [2.24, 2.45) is 5.14 Å². The topological polar surface area (TPSA) is 101 Å². The molecule has 1 heterocycles. The molecule has 112 valence electrons. The van der Waals surface area contributed by atoms with Gasteiger partial charge in [0.15, 0.2) is 0 Å². The number of benzene rings is 1. The number of rotatable bonds is 5. The molecule has 0 fully saturated rings. The second kappa shape index (κ2) is 6.70. The van der Waals surface area contributed by atoms with Crippen LogP contribution in [-0.2, 0) is 16.4 Å². The third-order valence-corrected chi connectivity index (χ3v) is 5.19. The number of anilines is 1. The number of amides is 2. The van der Waals surface area contributed by atoms with E-state index in [9.17, 15) is 13.2 Å². The third-order valence-electron chi connectivity index (χ3n) is 2.61. The Balaban J connectivity index is 1.79.